The number of pyridine rings is 2. The highest BCUT2D eigenvalue weighted by atomic mass is 35.5. The number of halogens is 1. The molecule has 0 bridgehead atoms. The number of hydrogen-bond acceptors (Lipinski definition) is 7. The third kappa shape index (κ3) is 5.68. The average Bonchev–Trinajstić information content (AvgIpc) is 2.97. The Kier molecular flexibility index (Phi) is 8.89. The number of nitrogens with two attached hydrogens (primary N) is 2. The lowest BCUT2D eigenvalue weighted by atomic mass is 10.1. The van der Waals surface area contributed by atoms with E-state index < -0.39 is 43.0 Å². The molecule has 7 N–H and O–H groups in total. The smallest absolute Gasteiger partial charge is 0.292 e. The van der Waals surface area contributed by atoms with E-state index >= 15 is 0 Å². The highest BCUT2D eigenvalue weighted by Gasteiger charge is 2.47. The Balaban J connectivity index is 0.000000332. The van der Waals surface area contributed by atoms with Crippen LogP contribution in [0.1, 0.15) is 26.9 Å². The molecule has 1 aliphatic heterocycles. The minimum Gasteiger partial charge on any atom is -1.00 e. The van der Waals surface area contributed by atoms with Gasteiger partial charge in [-0.1, -0.05) is 0 Å². The van der Waals surface area contributed by atoms with Crippen LogP contribution in [0.2, 0.25) is 0 Å². The van der Waals surface area contributed by atoms with Crippen molar-refractivity contribution in [3.8, 4) is 0 Å². The van der Waals surface area contributed by atoms with Crippen LogP contribution in [0.3, 0.4) is 0 Å². The van der Waals surface area contributed by atoms with Crippen LogP contribution >= 0.6 is 0 Å². The van der Waals surface area contributed by atoms with Crippen molar-refractivity contribution in [1.29, 1.82) is 0 Å². The summed E-state index contributed by atoms with van der Waals surface area (Å²) in [6.07, 6.45) is 1.94. The molecule has 0 radical (unpaired) electrons. The van der Waals surface area contributed by atoms with Crippen molar-refractivity contribution in [3.05, 3.63) is 60.2 Å². The van der Waals surface area contributed by atoms with Gasteiger partial charge in [-0.2, -0.15) is 4.57 Å². The van der Waals surface area contributed by atoms with Crippen LogP contribution in [-0.2, 0) is 4.74 Å². The van der Waals surface area contributed by atoms with Gasteiger partial charge in [0.25, 0.3) is 12.1 Å². The van der Waals surface area contributed by atoms with E-state index in [1.807, 2.05) is 0 Å². The fourth-order valence-electron chi connectivity index (χ4n) is 2.43. The molecule has 0 aliphatic carbocycles. The van der Waals surface area contributed by atoms with Crippen molar-refractivity contribution >= 4 is 11.8 Å². The maximum absolute atomic E-state index is 11.1. The van der Waals surface area contributed by atoms with Gasteiger partial charge in [-0.15, -0.1) is 0 Å². The first-order valence-corrected chi connectivity index (χ1v) is 7.98. The van der Waals surface area contributed by atoms with E-state index in [0.717, 1.165) is 0 Å². The molecule has 28 heavy (non-hydrogen) atoms. The Morgan fingerprint density at radius 2 is 1.75 bits per heavy atom. The van der Waals surface area contributed by atoms with Gasteiger partial charge in [-0.05, 0) is 18.2 Å². The lowest BCUT2D eigenvalue weighted by Gasteiger charge is -2.09. The van der Waals surface area contributed by atoms with Gasteiger partial charge >= 0.3 is 0 Å². The molecule has 0 aromatic carbocycles. The zero-order valence-electron chi connectivity index (χ0n) is 14.6. The molecule has 152 valence electrons. The summed E-state index contributed by atoms with van der Waals surface area (Å²) >= 11 is 0. The second kappa shape index (κ2) is 10.6. The molecule has 0 unspecified atom stereocenters. The molecule has 1 saturated heterocycles. The van der Waals surface area contributed by atoms with Crippen LogP contribution in [0.15, 0.2) is 49.1 Å². The number of rotatable bonds is 4. The van der Waals surface area contributed by atoms with Crippen LogP contribution in [0.5, 0.6) is 0 Å². The Morgan fingerprint density at radius 1 is 1.11 bits per heavy atom. The van der Waals surface area contributed by atoms with Gasteiger partial charge in [0.2, 0.25) is 5.91 Å². The van der Waals surface area contributed by atoms with E-state index in [0.29, 0.717) is 5.56 Å². The number of hydrogen-bond donors (Lipinski definition) is 5. The van der Waals surface area contributed by atoms with E-state index in [-0.39, 0.29) is 18.0 Å². The third-order valence-electron chi connectivity index (χ3n) is 3.86. The summed E-state index contributed by atoms with van der Waals surface area (Å²) in [6, 6.07) is 6.39. The lowest BCUT2D eigenvalue weighted by Crippen LogP contribution is -3.00. The second-order valence-corrected chi connectivity index (χ2v) is 5.74. The highest BCUT2D eigenvalue weighted by Crippen LogP contribution is 2.24. The number of aromatic nitrogens is 2. The average molecular weight is 413 g/mol. The monoisotopic (exact) mass is 412 g/mol. The molecule has 4 atom stereocenters. The minimum atomic E-state index is -1.18. The standard InChI is InChI=1S/C11H14N2O5.C6H6N2O.ClH/c12-10(17)6-2-1-3-13(4-6)11-9(16)8(15)7(5-14)18-11;7-6(9)5-2-1-3-8-4-5;/h1-4,7-9,11,14-16H,5H2,(H-,12,17);1-4H,(H2,7,9);1H/t7-,8-,9-,11-;;/m1../s1. The van der Waals surface area contributed by atoms with Gasteiger partial charge in [-0.3, -0.25) is 14.6 Å². The molecule has 2 amide bonds. The lowest BCUT2D eigenvalue weighted by molar-refractivity contribution is -0.765. The van der Waals surface area contributed by atoms with Crippen molar-refractivity contribution in [2.24, 2.45) is 11.5 Å². The SMILES string of the molecule is NC(=O)c1ccc[n+]([C@@H]2O[C@H](CO)[C@@H](O)[C@H]2O)c1.NC(=O)c1cccnc1.[Cl-]. The molecule has 0 saturated carbocycles. The van der Waals surface area contributed by atoms with E-state index in [9.17, 15) is 19.8 Å². The summed E-state index contributed by atoms with van der Waals surface area (Å²) in [4.78, 5) is 25.1. The molecule has 3 heterocycles. The number of carbonyl (C=O) groups excluding carboxylic acids is 2. The highest BCUT2D eigenvalue weighted by molar-refractivity contribution is 5.92. The molecule has 3 rings (SSSR count). The zero-order chi connectivity index (χ0) is 20.0. The number of ether oxygens (including phenoxy) is 1. The Labute approximate surface area is 166 Å². The van der Waals surface area contributed by atoms with Crippen molar-refractivity contribution in [2.75, 3.05) is 6.61 Å². The van der Waals surface area contributed by atoms with Crippen LogP contribution in [0.25, 0.3) is 0 Å². The number of primary amides is 2. The van der Waals surface area contributed by atoms with Gasteiger partial charge in [-0.25, -0.2) is 0 Å². The molecule has 10 nitrogen and oxygen atoms in total. The summed E-state index contributed by atoms with van der Waals surface area (Å²) in [7, 11) is 0. The van der Waals surface area contributed by atoms with Crippen LogP contribution in [0.4, 0.5) is 0 Å². The van der Waals surface area contributed by atoms with E-state index in [1.54, 1.807) is 30.6 Å². The normalized spacial score (nSPS) is 23.1. The predicted molar refractivity (Wildman–Crippen MR) is 90.9 cm³/mol. The van der Waals surface area contributed by atoms with Gasteiger partial charge < -0.3 is 43.9 Å². The molecule has 11 heteroatoms. The van der Waals surface area contributed by atoms with Crippen molar-refractivity contribution in [3.63, 3.8) is 0 Å². The Morgan fingerprint density at radius 3 is 2.21 bits per heavy atom. The molecular formula is C17H21ClN4O6. The van der Waals surface area contributed by atoms with E-state index in [4.69, 9.17) is 21.3 Å². The van der Waals surface area contributed by atoms with Crippen molar-refractivity contribution < 1.29 is 46.6 Å². The maximum Gasteiger partial charge on any atom is 0.292 e. The van der Waals surface area contributed by atoms with E-state index in [2.05, 4.69) is 4.98 Å². The van der Waals surface area contributed by atoms with Gasteiger partial charge in [0.05, 0.1) is 12.2 Å². The molecule has 2 aromatic heterocycles. The number of nitrogens with zero attached hydrogens (tertiary/aromatic N) is 2. The van der Waals surface area contributed by atoms with E-state index in [1.165, 1.54) is 23.0 Å². The summed E-state index contributed by atoms with van der Waals surface area (Å²) < 4.78 is 6.75. The zero-order valence-corrected chi connectivity index (χ0v) is 15.4. The fraction of sp³-hybridized carbons (Fsp3) is 0.294. The number of amides is 2. The summed E-state index contributed by atoms with van der Waals surface area (Å²) in [5.41, 5.74) is 10.8. The van der Waals surface area contributed by atoms with Crippen LogP contribution in [0, 0.1) is 0 Å². The fourth-order valence-corrected chi connectivity index (χ4v) is 2.43. The molecule has 0 spiro atoms. The molecule has 2 aromatic rings. The first kappa shape index (κ1) is 23.4. The number of aliphatic hydroxyl groups is 3. The quantitative estimate of drug-likeness (QED) is 0.312. The topological polar surface area (TPSA) is 173 Å². The van der Waals surface area contributed by atoms with Gasteiger partial charge in [0.1, 0.15) is 17.8 Å². The summed E-state index contributed by atoms with van der Waals surface area (Å²) in [5, 5.41) is 28.4. The van der Waals surface area contributed by atoms with Crippen molar-refractivity contribution in [1.82, 2.24) is 4.98 Å². The predicted octanol–water partition coefficient (Wildman–Crippen LogP) is -5.13. The summed E-state index contributed by atoms with van der Waals surface area (Å²) in [6.45, 7) is -0.398. The molecule has 1 aliphatic rings. The Hall–Kier alpha value is -2.63. The van der Waals surface area contributed by atoms with Crippen LogP contribution in [-0.4, -0.2) is 57.0 Å². The number of aliphatic hydroxyl groups excluding tert-OH is 3. The van der Waals surface area contributed by atoms with Crippen molar-refractivity contribution in [2.45, 2.75) is 24.5 Å². The van der Waals surface area contributed by atoms with Crippen LogP contribution < -0.4 is 28.4 Å². The molecular weight excluding hydrogens is 392 g/mol. The van der Waals surface area contributed by atoms with Gasteiger partial charge in [0.15, 0.2) is 18.5 Å². The summed E-state index contributed by atoms with van der Waals surface area (Å²) in [5.74, 6) is -1.04. The molecule has 1 fully saturated rings. The first-order chi connectivity index (χ1) is 12.8. The third-order valence-corrected chi connectivity index (χ3v) is 3.86. The minimum absolute atomic E-state index is 0. The Bertz CT molecular complexity index is 794. The second-order valence-electron chi connectivity index (χ2n) is 5.74. The first-order valence-electron chi connectivity index (χ1n) is 7.98. The number of carbonyl (C=O) groups is 2. The largest absolute Gasteiger partial charge is 1.00 e. The maximum atomic E-state index is 11.1. The van der Waals surface area contributed by atoms with Gasteiger partial charge in [0, 0.05) is 18.5 Å².